The number of hydrogen-bond acceptors (Lipinski definition) is 3. The highest BCUT2D eigenvalue weighted by atomic mass is 16.1. The molecule has 0 saturated carbocycles. The van der Waals surface area contributed by atoms with Crippen LogP contribution in [0.3, 0.4) is 0 Å². The molecule has 0 bridgehead atoms. The zero-order valence-electron chi connectivity index (χ0n) is 12.5. The first-order valence-electron chi connectivity index (χ1n) is 7.14. The van der Waals surface area contributed by atoms with Crippen LogP contribution in [-0.4, -0.2) is 35.3 Å². The molecule has 1 amide bonds. The number of rotatable bonds is 8. The van der Waals surface area contributed by atoms with Crippen molar-refractivity contribution < 1.29 is 4.79 Å². The number of aryl methyl sites for hydroxylation is 2. The van der Waals surface area contributed by atoms with Crippen LogP contribution in [0.5, 0.6) is 0 Å². The predicted molar refractivity (Wildman–Crippen MR) is 77.5 cm³/mol. The van der Waals surface area contributed by atoms with Crippen molar-refractivity contribution >= 4 is 5.91 Å². The van der Waals surface area contributed by atoms with Crippen LogP contribution < -0.4 is 10.6 Å². The summed E-state index contributed by atoms with van der Waals surface area (Å²) in [6, 6.07) is 0. The first-order valence-corrected chi connectivity index (χ1v) is 7.14. The Labute approximate surface area is 115 Å². The van der Waals surface area contributed by atoms with Gasteiger partial charge in [0.1, 0.15) is 0 Å². The maximum atomic E-state index is 12.1. The van der Waals surface area contributed by atoms with Crippen molar-refractivity contribution in [2.75, 3.05) is 19.6 Å². The van der Waals surface area contributed by atoms with E-state index in [2.05, 4.69) is 29.6 Å². The molecule has 1 aromatic heterocycles. The lowest BCUT2D eigenvalue weighted by atomic mass is 10.2. The fourth-order valence-corrected chi connectivity index (χ4v) is 2.11. The minimum absolute atomic E-state index is 0.0179. The first-order chi connectivity index (χ1) is 9.11. The topological polar surface area (TPSA) is 58.9 Å². The Kier molecular flexibility index (Phi) is 6.56. The average Bonchev–Trinajstić information content (AvgIpc) is 2.65. The van der Waals surface area contributed by atoms with Crippen molar-refractivity contribution in [2.45, 2.75) is 47.1 Å². The van der Waals surface area contributed by atoms with Crippen molar-refractivity contribution in [1.29, 1.82) is 0 Å². The molecule has 5 nitrogen and oxygen atoms in total. The van der Waals surface area contributed by atoms with Crippen LogP contribution in [0.4, 0.5) is 0 Å². The summed E-state index contributed by atoms with van der Waals surface area (Å²) in [5, 5.41) is 10.6. The maximum Gasteiger partial charge on any atom is 0.255 e. The van der Waals surface area contributed by atoms with Gasteiger partial charge in [-0.25, -0.2) is 0 Å². The highest BCUT2D eigenvalue weighted by molar-refractivity contribution is 5.96. The van der Waals surface area contributed by atoms with Gasteiger partial charge in [-0.05, 0) is 33.2 Å². The lowest BCUT2D eigenvalue weighted by Gasteiger charge is -2.07. The van der Waals surface area contributed by atoms with Gasteiger partial charge >= 0.3 is 0 Å². The van der Waals surface area contributed by atoms with Gasteiger partial charge in [0, 0.05) is 25.3 Å². The van der Waals surface area contributed by atoms with Crippen LogP contribution in [0.15, 0.2) is 0 Å². The molecule has 5 heteroatoms. The van der Waals surface area contributed by atoms with Gasteiger partial charge in [0.25, 0.3) is 5.91 Å². The summed E-state index contributed by atoms with van der Waals surface area (Å²) >= 11 is 0. The van der Waals surface area contributed by atoms with Crippen LogP contribution in [-0.2, 0) is 6.54 Å². The number of nitrogens with zero attached hydrogens (tertiary/aromatic N) is 2. The van der Waals surface area contributed by atoms with Crippen molar-refractivity contribution in [3.8, 4) is 0 Å². The smallest absolute Gasteiger partial charge is 0.255 e. The van der Waals surface area contributed by atoms with E-state index in [4.69, 9.17) is 0 Å². The second kappa shape index (κ2) is 7.94. The molecule has 1 rings (SSSR count). The van der Waals surface area contributed by atoms with Gasteiger partial charge in [-0.3, -0.25) is 9.48 Å². The second-order valence-corrected chi connectivity index (χ2v) is 4.77. The summed E-state index contributed by atoms with van der Waals surface area (Å²) in [7, 11) is 0. The van der Waals surface area contributed by atoms with Crippen molar-refractivity contribution in [1.82, 2.24) is 20.4 Å². The summed E-state index contributed by atoms with van der Waals surface area (Å²) in [4.78, 5) is 12.1. The first kappa shape index (κ1) is 15.7. The molecule has 2 N–H and O–H groups in total. The number of hydrogen-bond donors (Lipinski definition) is 2. The van der Waals surface area contributed by atoms with Crippen LogP contribution in [0.1, 0.15) is 48.4 Å². The molecule has 0 aromatic carbocycles. The number of nitrogens with one attached hydrogen (secondary N) is 2. The molecule has 0 aliphatic heterocycles. The lowest BCUT2D eigenvalue weighted by Crippen LogP contribution is -2.32. The Morgan fingerprint density at radius 2 is 1.89 bits per heavy atom. The van der Waals surface area contributed by atoms with Crippen LogP contribution in [0.2, 0.25) is 0 Å². The van der Waals surface area contributed by atoms with E-state index in [0.717, 1.165) is 49.4 Å². The van der Waals surface area contributed by atoms with E-state index in [-0.39, 0.29) is 5.91 Å². The van der Waals surface area contributed by atoms with Crippen LogP contribution in [0.25, 0.3) is 0 Å². The summed E-state index contributed by atoms with van der Waals surface area (Å²) in [5.41, 5.74) is 2.49. The highest BCUT2D eigenvalue weighted by Crippen LogP contribution is 2.13. The Morgan fingerprint density at radius 1 is 1.16 bits per heavy atom. The second-order valence-electron chi connectivity index (χ2n) is 4.77. The average molecular weight is 266 g/mol. The number of amides is 1. The van der Waals surface area contributed by atoms with Gasteiger partial charge in [0.2, 0.25) is 0 Å². The molecule has 0 fully saturated rings. The molecule has 0 unspecified atom stereocenters. The van der Waals surface area contributed by atoms with Gasteiger partial charge in [-0.2, -0.15) is 5.10 Å². The zero-order chi connectivity index (χ0) is 14.3. The van der Waals surface area contributed by atoms with E-state index in [1.807, 2.05) is 18.5 Å². The zero-order valence-corrected chi connectivity index (χ0v) is 12.5. The Morgan fingerprint density at radius 3 is 2.53 bits per heavy atom. The molecule has 108 valence electrons. The Bertz CT molecular complexity index is 412. The summed E-state index contributed by atoms with van der Waals surface area (Å²) in [6.07, 6.45) is 2.12. The Hall–Kier alpha value is -1.36. The van der Waals surface area contributed by atoms with Gasteiger partial charge in [-0.15, -0.1) is 0 Å². The van der Waals surface area contributed by atoms with E-state index in [0.29, 0.717) is 6.54 Å². The molecule has 1 aromatic rings. The molecule has 0 atom stereocenters. The number of carbonyl (C=O) groups excluding carboxylic acids is 1. The lowest BCUT2D eigenvalue weighted by molar-refractivity contribution is 0.0952. The number of aromatic nitrogens is 2. The van der Waals surface area contributed by atoms with Crippen molar-refractivity contribution in [3.05, 3.63) is 17.0 Å². The molecule has 19 heavy (non-hydrogen) atoms. The van der Waals surface area contributed by atoms with Crippen molar-refractivity contribution in [2.24, 2.45) is 0 Å². The third kappa shape index (κ3) is 4.35. The van der Waals surface area contributed by atoms with E-state index in [1.54, 1.807) is 0 Å². The normalized spacial score (nSPS) is 10.7. The SMILES string of the molecule is CCCNCCNC(=O)c1c(C)nn(CCC)c1C. The van der Waals surface area contributed by atoms with E-state index < -0.39 is 0 Å². The minimum Gasteiger partial charge on any atom is -0.351 e. The van der Waals surface area contributed by atoms with Crippen LogP contribution >= 0.6 is 0 Å². The van der Waals surface area contributed by atoms with Crippen molar-refractivity contribution in [3.63, 3.8) is 0 Å². The summed E-state index contributed by atoms with van der Waals surface area (Å²) < 4.78 is 1.92. The van der Waals surface area contributed by atoms with Gasteiger partial charge in [0.05, 0.1) is 11.3 Å². The third-order valence-electron chi connectivity index (χ3n) is 3.06. The van der Waals surface area contributed by atoms with E-state index in [9.17, 15) is 4.79 Å². The molecule has 1 heterocycles. The van der Waals surface area contributed by atoms with E-state index >= 15 is 0 Å². The van der Waals surface area contributed by atoms with E-state index in [1.165, 1.54) is 0 Å². The molecule has 0 aliphatic carbocycles. The third-order valence-corrected chi connectivity index (χ3v) is 3.06. The fourth-order valence-electron chi connectivity index (χ4n) is 2.11. The monoisotopic (exact) mass is 266 g/mol. The molecule has 0 radical (unpaired) electrons. The van der Waals surface area contributed by atoms with Gasteiger partial charge in [-0.1, -0.05) is 13.8 Å². The number of carbonyl (C=O) groups is 1. The Balaban J connectivity index is 2.56. The summed E-state index contributed by atoms with van der Waals surface area (Å²) in [5.74, 6) is -0.0179. The molecular weight excluding hydrogens is 240 g/mol. The molecule has 0 aliphatic rings. The minimum atomic E-state index is -0.0179. The largest absolute Gasteiger partial charge is 0.351 e. The summed E-state index contributed by atoms with van der Waals surface area (Å²) in [6.45, 7) is 11.4. The van der Waals surface area contributed by atoms with Gasteiger partial charge in [0.15, 0.2) is 0 Å². The molecular formula is C14H26N4O. The quantitative estimate of drug-likeness (QED) is 0.703. The molecule has 0 spiro atoms. The predicted octanol–water partition coefficient (Wildman–Crippen LogP) is 1.64. The van der Waals surface area contributed by atoms with Gasteiger partial charge < -0.3 is 10.6 Å². The highest BCUT2D eigenvalue weighted by Gasteiger charge is 2.17. The maximum absolute atomic E-state index is 12.1. The molecule has 0 saturated heterocycles. The van der Waals surface area contributed by atoms with Crippen LogP contribution in [0, 0.1) is 13.8 Å². The fraction of sp³-hybridized carbons (Fsp3) is 0.714. The standard InChI is InChI=1S/C14H26N4O/c1-5-7-15-8-9-16-14(19)13-11(3)17-18(10-6-2)12(13)4/h15H,5-10H2,1-4H3,(H,16,19).